The zero-order valence-electron chi connectivity index (χ0n) is 10.6. The highest BCUT2D eigenvalue weighted by Gasteiger charge is 2.31. The number of fused-ring (bicyclic) bond motifs is 1. The molecule has 4 heteroatoms. The number of rotatable bonds is 2. The highest BCUT2D eigenvalue weighted by Crippen LogP contribution is 2.41. The number of ether oxygens (including phenoxy) is 1. The van der Waals surface area contributed by atoms with Crippen molar-refractivity contribution in [1.82, 2.24) is 0 Å². The summed E-state index contributed by atoms with van der Waals surface area (Å²) in [7, 11) is 0. The molecule has 2 aliphatic rings. The molecule has 0 amide bonds. The average molecular weight is 281 g/mol. The van der Waals surface area contributed by atoms with Crippen LogP contribution < -0.4 is 10.5 Å². The minimum Gasteiger partial charge on any atom is -0.493 e. The van der Waals surface area contributed by atoms with E-state index in [0.717, 1.165) is 18.8 Å². The Labute approximate surface area is 117 Å². The van der Waals surface area contributed by atoms with Crippen molar-refractivity contribution in [3.8, 4) is 5.75 Å². The fourth-order valence-electron chi connectivity index (χ4n) is 2.72. The molecule has 1 aromatic rings. The summed E-state index contributed by atoms with van der Waals surface area (Å²) in [5, 5.41) is 1.12. The smallest absolute Gasteiger partial charge is 0.127 e. The molecular weight excluding hydrogens is 262 g/mol. The minimum absolute atomic E-state index is 0.0888. The lowest BCUT2D eigenvalue weighted by Crippen LogP contribution is -2.34. The molecule has 2 aliphatic heterocycles. The molecule has 3 rings (SSSR count). The molecule has 0 spiro atoms. The fraction of sp³-hybridized carbons (Fsp3) is 0.571. The Morgan fingerprint density at radius 1 is 1.33 bits per heavy atom. The maximum absolute atomic E-state index is 6.52. The third kappa shape index (κ3) is 2.26. The van der Waals surface area contributed by atoms with Gasteiger partial charge in [0, 0.05) is 40.0 Å². The summed E-state index contributed by atoms with van der Waals surface area (Å²) in [6.45, 7) is 3.10. The first-order valence-electron chi connectivity index (χ1n) is 6.51. The second-order valence-electron chi connectivity index (χ2n) is 4.87. The van der Waals surface area contributed by atoms with Gasteiger partial charge in [-0.25, -0.2) is 0 Å². The molecule has 98 valence electrons. The van der Waals surface area contributed by atoms with Crippen molar-refractivity contribution >= 4 is 23.5 Å². The lowest BCUT2D eigenvalue weighted by atomic mass is 9.99. The van der Waals surface area contributed by atoms with Crippen molar-refractivity contribution in [2.45, 2.75) is 29.9 Å². The number of thioether (sulfide) groups is 2. The molecular formula is C14H19NOS2. The van der Waals surface area contributed by atoms with Gasteiger partial charge >= 0.3 is 0 Å². The van der Waals surface area contributed by atoms with E-state index in [1.165, 1.54) is 22.6 Å². The summed E-state index contributed by atoms with van der Waals surface area (Å²) in [5.74, 6) is 3.52. The molecule has 0 aliphatic carbocycles. The minimum atomic E-state index is 0.0888. The van der Waals surface area contributed by atoms with E-state index in [1.807, 2.05) is 23.5 Å². The van der Waals surface area contributed by atoms with Crippen LogP contribution in [-0.4, -0.2) is 28.6 Å². The predicted octanol–water partition coefficient (Wildman–Crippen LogP) is 2.86. The molecule has 2 N–H and O–H groups in total. The van der Waals surface area contributed by atoms with Crippen LogP contribution in [0, 0.1) is 0 Å². The Bertz CT molecular complexity index is 438. The highest BCUT2D eigenvalue weighted by atomic mass is 32.2. The monoisotopic (exact) mass is 281 g/mol. The zero-order valence-corrected chi connectivity index (χ0v) is 12.2. The third-order valence-corrected chi connectivity index (χ3v) is 6.91. The van der Waals surface area contributed by atoms with Crippen LogP contribution in [0.1, 0.15) is 24.1 Å². The maximum Gasteiger partial charge on any atom is 0.127 e. The van der Waals surface area contributed by atoms with E-state index >= 15 is 0 Å². The standard InChI is InChI=1S/C14H19NOS2/c1-9-14(18-8-7-17-9)12(15)11-4-2-3-10-5-6-16-13(10)11/h2-4,9,12,14H,5-8,15H2,1H3. The Morgan fingerprint density at radius 2 is 2.17 bits per heavy atom. The molecule has 3 unspecified atom stereocenters. The largest absolute Gasteiger partial charge is 0.493 e. The summed E-state index contributed by atoms with van der Waals surface area (Å²) in [6, 6.07) is 6.51. The number of para-hydroxylation sites is 1. The Morgan fingerprint density at radius 3 is 3.00 bits per heavy atom. The van der Waals surface area contributed by atoms with Crippen LogP contribution in [0.3, 0.4) is 0 Å². The van der Waals surface area contributed by atoms with Gasteiger partial charge in [0.25, 0.3) is 0 Å². The first kappa shape index (κ1) is 12.7. The predicted molar refractivity (Wildman–Crippen MR) is 80.7 cm³/mol. The SMILES string of the molecule is CC1SCCSC1C(N)c1cccc2c1OCC2. The molecule has 2 heterocycles. The van der Waals surface area contributed by atoms with E-state index < -0.39 is 0 Å². The third-order valence-electron chi connectivity index (χ3n) is 3.69. The molecule has 0 saturated carbocycles. The molecule has 0 radical (unpaired) electrons. The maximum atomic E-state index is 6.52. The van der Waals surface area contributed by atoms with Gasteiger partial charge in [-0.1, -0.05) is 25.1 Å². The van der Waals surface area contributed by atoms with Gasteiger partial charge in [-0.05, 0) is 5.56 Å². The van der Waals surface area contributed by atoms with Gasteiger partial charge in [0.15, 0.2) is 0 Å². The zero-order chi connectivity index (χ0) is 12.5. The van der Waals surface area contributed by atoms with Gasteiger partial charge in [0.1, 0.15) is 5.75 Å². The van der Waals surface area contributed by atoms with Crippen LogP contribution in [0.4, 0.5) is 0 Å². The van der Waals surface area contributed by atoms with E-state index in [1.54, 1.807) is 0 Å². The Hall–Kier alpha value is -0.320. The molecule has 0 bridgehead atoms. The first-order chi connectivity index (χ1) is 8.77. The van der Waals surface area contributed by atoms with Crippen LogP contribution >= 0.6 is 23.5 Å². The molecule has 0 aromatic heterocycles. The number of nitrogens with two attached hydrogens (primary N) is 1. The second kappa shape index (κ2) is 5.35. The van der Waals surface area contributed by atoms with Gasteiger partial charge in [0.2, 0.25) is 0 Å². The summed E-state index contributed by atoms with van der Waals surface area (Å²) >= 11 is 4.06. The molecule has 1 saturated heterocycles. The summed E-state index contributed by atoms with van der Waals surface area (Å²) in [4.78, 5) is 0. The fourth-order valence-corrected chi connectivity index (χ4v) is 5.59. The topological polar surface area (TPSA) is 35.2 Å². The Kier molecular flexibility index (Phi) is 3.78. The first-order valence-corrected chi connectivity index (χ1v) is 8.60. The Balaban J connectivity index is 1.88. The number of hydrogen-bond acceptors (Lipinski definition) is 4. The van der Waals surface area contributed by atoms with E-state index in [0.29, 0.717) is 10.5 Å². The number of hydrogen-bond donors (Lipinski definition) is 1. The van der Waals surface area contributed by atoms with E-state index in [2.05, 4.69) is 25.1 Å². The van der Waals surface area contributed by atoms with E-state index in [9.17, 15) is 0 Å². The van der Waals surface area contributed by atoms with Crippen LogP contribution in [0.15, 0.2) is 18.2 Å². The van der Waals surface area contributed by atoms with Gasteiger partial charge in [0.05, 0.1) is 6.61 Å². The molecule has 1 fully saturated rings. The summed E-state index contributed by atoms with van der Waals surface area (Å²) in [6.07, 6.45) is 1.03. The van der Waals surface area contributed by atoms with Crippen LogP contribution in [0.25, 0.3) is 0 Å². The van der Waals surface area contributed by atoms with Crippen LogP contribution in [0.5, 0.6) is 5.75 Å². The van der Waals surface area contributed by atoms with Crippen molar-refractivity contribution in [3.05, 3.63) is 29.3 Å². The van der Waals surface area contributed by atoms with Gasteiger partial charge < -0.3 is 10.5 Å². The average Bonchev–Trinajstić information content (AvgIpc) is 2.86. The molecule has 3 atom stereocenters. The lowest BCUT2D eigenvalue weighted by Gasteiger charge is -2.33. The summed E-state index contributed by atoms with van der Waals surface area (Å²) in [5.41, 5.74) is 9.05. The van der Waals surface area contributed by atoms with Crippen molar-refractivity contribution < 1.29 is 4.74 Å². The normalized spacial score (nSPS) is 28.6. The molecule has 2 nitrogen and oxygen atoms in total. The lowest BCUT2D eigenvalue weighted by molar-refractivity contribution is 0.350. The quantitative estimate of drug-likeness (QED) is 0.904. The highest BCUT2D eigenvalue weighted by molar-refractivity contribution is 8.07. The molecule has 1 aromatic carbocycles. The van der Waals surface area contributed by atoms with Crippen LogP contribution in [-0.2, 0) is 6.42 Å². The summed E-state index contributed by atoms with van der Waals surface area (Å²) < 4.78 is 5.78. The van der Waals surface area contributed by atoms with Crippen molar-refractivity contribution in [1.29, 1.82) is 0 Å². The van der Waals surface area contributed by atoms with Gasteiger partial charge in [-0.2, -0.15) is 23.5 Å². The van der Waals surface area contributed by atoms with E-state index in [-0.39, 0.29) is 6.04 Å². The van der Waals surface area contributed by atoms with Crippen molar-refractivity contribution in [2.24, 2.45) is 5.73 Å². The van der Waals surface area contributed by atoms with E-state index in [4.69, 9.17) is 10.5 Å². The molecule has 18 heavy (non-hydrogen) atoms. The van der Waals surface area contributed by atoms with Crippen molar-refractivity contribution in [2.75, 3.05) is 18.1 Å². The van der Waals surface area contributed by atoms with Gasteiger partial charge in [-0.15, -0.1) is 0 Å². The van der Waals surface area contributed by atoms with Gasteiger partial charge in [-0.3, -0.25) is 0 Å². The van der Waals surface area contributed by atoms with Crippen molar-refractivity contribution in [3.63, 3.8) is 0 Å². The second-order valence-corrected chi connectivity index (χ2v) is 7.64. The van der Waals surface area contributed by atoms with Crippen LogP contribution in [0.2, 0.25) is 0 Å². The number of benzene rings is 1.